The summed E-state index contributed by atoms with van der Waals surface area (Å²) in [5, 5.41) is 3.39. The molecular weight excluding hydrogens is 401 g/mol. The smallest absolute Gasteiger partial charge is 0.337 e. The Kier molecular flexibility index (Phi) is 4.88. The Morgan fingerprint density at radius 1 is 1.23 bits per heavy atom. The minimum absolute atomic E-state index is 0.144. The maximum Gasteiger partial charge on any atom is 0.435 e. The van der Waals surface area contributed by atoms with Crippen LogP contribution in [0, 0.1) is 0 Å². The molecule has 8 nitrogen and oxygen atoms in total. The summed E-state index contributed by atoms with van der Waals surface area (Å²) in [6.45, 7) is 0.563. The molecule has 156 valence electrons. The van der Waals surface area contributed by atoms with Gasteiger partial charge in [0.1, 0.15) is 11.5 Å². The summed E-state index contributed by atoms with van der Waals surface area (Å²) in [6.07, 6.45) is -0.910. The number of H-pyrrole nitrogens is 1. The average Bonchev–Trinajstić information content (AvgIpc) is 3.35. The third kappa shape index (κ3) is 3.82. The Labute approximate surface area is 168 Å². The van der Waals surface area contributed by atoms with Gasteiger partial charge in [0.15, 0.2) is 5.69 Å². The van der Waals surface area contributed by atoms with Crippen molar-refractivity contribution in [2.75, 3.05) is 13.1 Å². The Morgan fingerprint density at radius 2 is 1.97 bits per heavy atom. The van der Waals surface area contributed by atoms with E-state index in [4.69, 9.17) is 0 Å². The molecular formula is C19H17F3N6O2. The normalized spacial score (nSPS) is 16.8. The maximum atomic E-state index is 12.9. The molecule has 1 N–H and O–H groups in total. The fourth-order valence-electron chi connectivity index (χ4n) is 3.48. The van der Waals surface area contributed by atoms with Crippen LogP contribution in [0.25, 0.3) is 11.3 Å². The molecule has 1 aliphatic rings. The molecule has 3 aromatic heterocycles. The Balaban J connectivity index is 1.55. The summed E-state index contributed by atoms with van der Waals surface area (Å²) in [5.74, 6) is -0.347. The van der Waals surface area contributed by atoms with Crippen LogP contribution in [-0.2, 0) is 13.2 Å². The van der Waals surface area contributed by atoms with Crippen LogP contribution in [0.2, 0.25) is 0 Å². The van der Waals surface area contributed by atoms with Crippen molar-refractivity contribution in [3.05, 3.63) is 64.2 Å². The number of aromatic amines is 1. The van der Waals surface area contributed by atoms with Gasteiger partial charge in [-0.3, -0.25) is 19.3 Å². The number of hydrogen-bond acceptors (Lipinski definition) is 5. The number of nitrogens with one attached hydrogen (secondary N) is 1. The van der Waals surface area contributed by atoms with Crippen molar-refractivity contribution in [3.8, 4) is 11.3 Å². The van der Waals surface area contributed by atoms with E-state index in [9.17, 15) is 22.8 Å². The van der Waals surface area contributed by atoms with Crippen LogP contribution in [0.15, 0.2) is 41.5 Å². The largest absolute Gasteiger partial charge is 0.435 e. The predicted octanol–water partition coefficient (Wildman–Crippen LogP) is 2.21. The third-order valence-electron chi connectivity index (χ3n) is 4.99. The number of amides is 1. The van der Waals surface area contributed by atoms with E-state index in [1.807, 2.05) is 0 Å². The molecule has 11 heteroatoms. The summed E-state index contributed by atoms with van der Waals surface area (Å²) >= 11 is 0. The Morgan fingerprint density at radius 3 is 2.63 bits per heavy atom. The van der Waals surface area contributed by atoms with Gasteiger partial charge in [-0.05, 0) is 18.6 Å². The summed E-state index contributed by atoms with van der Waals surface area (Å²) in [5.41, 5.74) is -0.353. The minimum Gasteiger partial charge on any atom is -0.337 e. The standard InChI is InChI=1S/C19H17F3N6O2/c1-27-14(9-15(26-27)19(20,21)22)18(30)28-7-4-12(10-28)17-24-13(8-16(29)25-17)11-2-5-23-6-3-11/h2-3,5-6,8-9,12H,4,7,10H2,1H3,(H,24,25,29)/t12-/m1/s1. The molecule has 1 amide bonds. The van der Waals surface area contributed by atoms with Crippen molar-refractivity contribution in [3.63, 3.8) is 0 Å². The fourth-order valence-corrected chi connectivity index (χ4v) is 3.48. The number of likely N-dealkylation sites (tertiary alicyclic amines) is 1. The molecule has 30 heavy (non-hydrogen) atoms. The van der Waals surface area contributed by atoms with Gasteiger partial charge in [-0.15, -0.1) is 0 Å². The van der Waals surface area contributed by atoms with Gasteiger partial charge < -0.3 is 9.88 Å². The van der Waals surface area contributed by atoms with Gasteiger partial charge in [-0.1, -0.05) is 0 Å². The molecule has 1 aliphatic heterocycles. The topological polar surface area (TPSA) is 96.8 Å². The Hall–Kier alpha value is -3.50. The lowest BCUT2D eigenvalue weighted by molar-refractivity contribution is -0.141. The zero-order chi connectivity index (χ0) is 21.5. The highest BCUT2D eigenvalue weighted by atomic mass is 19.4. The van der Waals surface area contributed by atoms with E-state index in [0.717, 1.165) is 16.3 Å². The number of halogens is 3. The molecule has 0 radical (unpaired) electrons. The lowest BCUT2D eigenvalue weighted by Gasteiger charge is -2.16. The molecule has 0 saturated carbocycles. The summed E-state index contributed by atoms with van der Waals surface area (Å²) in [4.78, 5) is 37.5. The second-order valence-electron chi connectivity index (χ2n) is 7.02. The van der Waals surface area contributed by atoms with E-state index in [2.05, 4.69) is 20.1 Å². The van der Waals surface area contributed by atoms with Crippen LogP contribution in [0.4, 0.5) is 13.2 Å². The van der Waals surface area contributed by atoms with Crippen molar-refractivity contribution in [2.24, 2.45) is 7.05 Å². The molecule has 4 rings (SSSR count). The van der Waals surface area contributed by atoms with Crippen molar-refractivity contribution in [2.45, 2.75) is 18.5 Å². The molecule has 0 aromatic carbocycles. The average molecular weight is 418 g/mol. The van der Waals surface area contributed by atoms with Gasteiger partial charge in [0.05, 0.1) is 5.69 Å². The predicted molar refractivity (Wildman–Crippen MR) is 99.6 cm³/mol. The van der Waals surface area contributed by atoms with Gasteiger partial charge in [0, 0.05) is 56.1 Å². The van der Waals surface area contributed by atoms with Gasteiger partial charge in [0.2, 0.25) is 0 Å². The molecule has 1 saturated heterocycles. The quantitative estimate of drug-likeness (QED) is 0.704. The number of alkyl halides is 3. The zero-order valence-electron chi connectivity index (χ0n) is 15.8. The molecule has 1 fully saturated rings. The molecule has 0 aliphatic carbocycles. The SMILES string of the molecule is Cn1nc(C(F)(F)F)cc1C(=O)N1CC[C@@H](c2nc(-c3ccncc3)cc(=O)[nH]2)C1. The van der Waals surface area contributed by atoms with Crippen molar-refractivity contribution in [1.82, 2.24) is 29.6 Å². The zero-order valence-corrected chi connectivity index (χ0v) is 15.8. The van der Waals surface area contributed by atoms with Gasteiger partial charge >= 0.3 is 6.18 Å². The molecule has 1 atom stereocenters. The van der Waals surface area contributed by atoms with Crippen LogP contribution in [0.5, 0.6) is 0 Å². The maximum absolute atomic E-state index is 12.9. The highest BCUT2D eigenvalue weighted by Crippen LogP contribution is 2.30. The van der Waals surface area contributed by atoms with Gasteiger partial charge in [0.25, 0.3) is 11.5 Å². The van der Waals surface area contributed by atoms with Crippen LogP contribution in [0.3, 0.4) is 0 Å². The fraction of sp³-hybridized carbons (Fsp3) is 0.316. The van der Waals surface area contributed by atoms with Crippen molar-refractivity contribution >= 4 is 5.91 Å². The van der Waals surface area contributed by atoms with Crippen LogP contribution in [-0.4, -0.2) is 48.6 Å². The van der Waals surface area contributed by atoms with E-state index in [-0.39, 0.29) is 23.7 Å². The number of aromatic nitrogens is 5. The van der Waals surface area contributed by atoms with Gasteiger partial charge in [-0.2, -0.15) is 18.3 Å². The van der Waals surface area contributed by atoms with E-state index >= 15 is 0 Å². The summed E-state index contributed by atoms with van der Waals surface area (Å²) in [7, 11) is 1.30. The van der Waals surface area contributed by atoms with Crippen LogP contribution < -0.4 is 5.56 Å². The lowest BCUT2D eigenvalue weighted by Crippen LogP contribution is -2.30. The monoisotopic (exact) mass is 418 g/mol. The second kappa shape index (κ2) is 7.39. The number of carbonyl (C=O) groups excluding carboxylic acids is 1. The first-order valence-electron chi connectivity index (χ1n) is 9.14. The molecule has 3 aromatic rings. The minimum atomic E-state index is -4.62. The second-order valence-corrected chi connectivity index (χ2v) is 7.02. The first kappa shape index (κ1) is 19.8. The number of pyridine rings is 1. The third-order valence-corrected chi connectivity index (χ3v) is 4.99. The lowest BCUT2D eigenvalue weighted by atomic mass is 10.1. The number of aryl methyl sites for hydroxylation is 1. The Bertz CT molecular complexity index is 1140. The highest BCUT2D eigenvalue weighted by Gasteiger charge is 2.37. The van der Waals surface area contributed by atoms with Crippen LogP contribution in [0.1, 0.15) is 34.3 Å². The molecule has 0 unspecified atom stereocenters. The molecule has 0 bridgehead atoms. The number of carbonyl (C=O) groups is 1. The highest BCUT2D eigenvalue weighted by molar-refractivity contribution is 5.93. The van der Waals surface area contributed by atoms with E-state index in [1.54, 1.807) is 24.5 Å². The number of rotatable bonds is 3. The summed E-state index contributed by atoms with van der Waals surface area (Å²) in [6, 6.07) is 5.60. The number of hydrogen-bond donors (Lipinski definition) is 1. The number of nitrogens with zero attached hydrogens (tertiary/aromatic N) is 5. The van der Waals surface area contributed by atoms with E-state index in [1.165, 1.54) is 18.0 Å². The molecule has 0 spiro atoms. The summed E-state index contributed by atoms with van der Waals surface area (Å²) < 4.78 is 39.6. The molecule has 4 heterocycles. The first-order chi connectivity index (χ1) is 14.2. The van der Waals surface area contributed by atoms with Crippen LogP contribution >= 0.6 is 0 Å². The van der Waals surface area contributed by atoms with Crippen molar-refractivity contribution < 1.29 is 18.0 Å². The van der Waals surface area contributed by atoms with Gasteiger partial charge in [-0.25, -0.2) is 4.98 Å². The van der Waals surface area contributed by atoms with E-state index < -0.39 is 17.8 Å². The van der Waals surface area contributed by atoms with Crippen molar-refractivity contribution in [1.29, 1.82) is 0 Å². The first-order valence-corrected chi connectivity index (χ1v) is 9.14. The van der Waals surface area contributed by atoms with E-state index in [0.29, 0.717) is 24.5 Å².